The molecule has 1 rings (SSSR count). The standard InChI is InChI=1S/C13H22NO3P/c1-2-11-3-5-12(6-4-11)7-8-13(14)9-10-18(15,16)17/h3-6,13H,2,7-10,14H2,1H3,(H2,15,16,17). The third-order valence-electron chi connectivity index (χ3n) is 3.03. The van der Waals surface area contributed by atoms with Crippen molar-refractivity contribution in [2.75, 3.05) is 6.16 Å². The van der Waals surface area contributed by atoms with Crippen molar-refractivity contribution in [3.63, 3.8) is 0 Å². The van der Waals surface area contributed by atoms with Gasteiger partial charge < -0.3 is 15.5 Å². The lowest BCUT2D eigenvalue weighted by Crippen LogP contribution is -2.22. The zero-order valence-electron chi connectivity index (χ0n) is 10.7. The van der Waals surface area contributed by atoms with Crippen LogP contribution in [-0.2, 0) is 17.4 Å². The summed E-state index contributed by atoms with van der Waals surface area (Å²) in [6, 6.07) is 8.25. The summed E-state index contributed by atoms with van der Waals surface area (Å²) in [5, 5.41) is 0. The summed E-state index contributed by atoms with van der Waals surface area (Å²) in [6.45, 7) is 2.12. The number of hydrogen-bond acceptors (Lipinski definition) is 2. The quantitative estimate of drug-likeness (QED) is 0.663. The molecule has 0 saturated carbocycles. The fourth-order valence-electron chi connectivity index (χ4n) is 1.77. The first-order chi connectivity index (χ1) is 8.40. The molecular formula is C13H22NO3P. The summed E-state index contributed by atoms with van der Waals surface area (Å²) < 4.78 is 10.7. The van der Waals surface area contributed by atoms with Gasteiger partial charge >= 0.3 is 7.60 Å². The lowest BCUT2D eigenvalue weighted by molar-refractivity contribution is 0.368. The second-order valence-corrected chi connectivity index (χ2v) is 6.42. The van der Waals surface area contributed by atoms with Gasteiger partial charge in [0.2, 0.25) is 0 Å². The van der Waals surface area contributed by atoms with Gasteiger partial charge in [0.1, 0.15) is 0 Å². The summed E-state index contributed by atoms with van der Waals surface area (Å²) >= 11 is 0. The van der Waals surface area contributed by atoms with E-state index >= 15 is 0 Å². The number of benzene rings is 1. The van der Waals surface area contributed by atoms with E-state index in [4.69, 9.17) is 15.5 Å². The molecule has 1 aromatic rings. The molecule has 0 spiro atoms. The molecule has 4 N–H and O–H groups in total. The fourth-order valence-corrected chi connectivity index (χ4v) is 2.44. The number of rotatable bonds is 7. The molecule has 18 heavy (non-hydrogen) atoms. The Balaban J connectivity index is 2.33. The van der Waals surface area contributed by atoms with Crippen LogP contribution in [0.2, 0.25) is 0 Å². The first kappa shape index (κ1) is 15.4. The van der Waals surface area contributed by atoms with Crippen LogP contribution in [0.5, 0.6) is 0 Å². The molecule has 1 atom stereocenters. The van der Waals surface area contributed by atoms with Crippen LogP contribution >= 0.6 is 7.60 Å². The molecule has 0 amide bonds. The van der Waals surface area contributed by atoms with Gasteiger partial charge in [0.05, 0.1) is 6.16 Å². The molecule has 0 aliphatic rings. The average molecular weight is 271 g/mol. The van der Waals surface area contributed by atoms with Gasteiger partial charge in [-0.15, -0.1) is 0 Å². The first-order valence-corrected chi connectivity index (χ1v) is 8.08. The number of aryl methyl sites for hydroxylation is 2. The van der Waals surface area contributed by atoms with Gasteiger partial charge in [0.15, 0.2) is 0 Å². The highest BCUT2D eigenvalue weighted by Crippen LogP contribution is 2.35. The van der Waals surface area contributed by atoms with E-state index in [1.165, 1.54) is 11.1 Å². The zero-order valence-corrected chi connectivity index (χ0v) is 11.6. The largest absolute Gasteiger partial charge is 0.328 e. The summed E-state index contributed by atoms with van der Waals surface area (Å²) in [4.78, 5) is 17.5. The van der Waals surface area contributed by atoms with E-state index in [1.807, 2.05) is 0 Å². The van der Waals surface area contributed by atoms with Crippen molar-refractivity contribution in [1.82, 2.24) is 0 Å². The highest BCUT2D eigenvalue weighted by Gasteiger charge is 2.14. The Morgan fingerprint density at radius 2 is 1.72 bits per heavy atom. The van der Waals surface area contributed by atoms with Crippen LogP contribution in [0.1, 0.15) is 30.9 Å². The molecule has 1 aromatic carbocycles. The SMILES string of the molecule is CCc1ccc(CCC(N)CCP(=O)(O)O)cc1. The maximum atomic E-state index is 10.7. The topological polar surface area (TPSA) is 83.6 Å². The minimum Gasteiger partial charge on any atom is -0.328 e. The summed E-state index contributed by atoms with van der Waals surface area (Å²) in [6.07, 6.45) is 2.89. The molecule has 5 heteroatoms. The monoisotopic (exact) mass is 271 g/mol. The third-order valence-corrected chi connectivity index (χ3v) is 3.87. The highest BCUT2D eigenvalue weighted by molar-refractivity contribution is 7.51. The minimum absolute atomic E-state index is 0.122. The second kappa shape index (κ2) is 7.05. The minimum atomic E-state index is -3.91. The van der Waals surface area contributed by atoms with Crippen LogP contribution in [0.25, 0.3) is 0 Å². The van der Waals surface area contributed by atoms with E-state index in [0.29, 0.717) is 6.42 Å². The van der Waals surface area contributed by atoms with Gasteiger partial charge in [-0.05, 0) is 36.8 Å². The molecule has 4 nitrogen and oxygen atoms in total. The molecule has 1 unspecified atom stereocenters. The van der Waals surface area contributed by atoms with E-state index in [2.05, 4.69) is 31.2 Å². The number of hydrogen-bond donors (Lipinski definition) is 3. The van der Waals surface area contributed by atoms with Crippen LogP contribution in [-0.4, -0.2) is 22.0 Å². The normalized spacial score (nSPS) is 13.6. The molecule has 0 bridgehead atoms. The Kier molecular flexibility index (Phi) is 6.03. The molecule has 0 radical (unpaired) electrons. The molecule has 0 fully saturated rings. The van der Waals surface area contributed by atoms with E-state index in [0.717, 1.165) is 19.3 Å². The maximum Gasteiger partial charge on any atom is 0.325 e. The molecule has 102 valence electrons. The summed E-state index contributed by atoms with van der Waals surface area (Å²) in [5.41, 5.74) is 8.37. The Labute approximate surface area is 108 Å². The van der Waals surface area contributed by atoms with E-state index in [9.17, 15) is 4.57 Å². The lowest BCUT2D eigenvalue weighted by Gasteiger charge is -2.12. The van der Waals surface area contributed by atoms with Crippen molar-refractivity contribution in [1.29, 1.82) is 0 Å². The van der Waals surface area contributed by atoms with E-state index in [1.54, 1.807) is 0 Å². The van der Waals surface area contributed by atoms with Crippen LogP contribution in [0, 0.1) is 0 Å². The molecular weight excluding hydrogens is 249 g/mol. The van der Waals surface area contributed by atoms with Gasteiger partial charge in [0.25, 0.3) is 0 Å². The third kappa shape index (κ3) is 6.31. The van der Waals surface area contributed by atoms with Crippen molar-refractivity contribution in [3.8, 4) is 0 Å². The van der Waals surface area contributed by atoms with Gasteiger partial charge in [-0.25, -0.2) is 0 Å². The Bertz CT molecular complexity index is 399. The van der Waals surface area contributed by atoms with Crippen LogP contribution in [0.3, 0.4) is 0 Å². The Morgan fingerprint density at radius 3 is 2.22 bits per heavy atom. The Morgan fingerprint density at radius 1 is 1.17 bits per heavy atom. The van der Waals surface area contributed by atoms with Crippen molar-refractivity contribution in [2.24, 2.45) is 5.73 Å². The van der Waals surface area contributed by atoms with E-state index < -0.39 is 7.60 Å². The first-order valence-electron chi connectivity index (χ1n) is 6.28. The Hall–Kier alpha value is -0.670. The number of nitrogens with two attached hydrogens (primary N) is 1. The average Bonchev–Trinajstić information content (AvgIpc) is 2.33. The maximum absolute atomic E-state index is 10.7. The predicted octanol–water partition coefficient (Wildman–Crippen LogP) is 2.08. The lowest BCUT2D eigenvalue weighted by atomic mass is 10.0. The van der Waals surface area contributed by atoms with Crippen molar-refractivity contribution < 1.29 is 14.4 Å². The molecule has 0 saturated heterocycles. The predicted molar refractivity (Wildman–Crippen MR) is 73.6 cm³/mol. The van der Waals surface area contributed by atoms with Crippen LogP contribution in [0.15, 0.2) is 24.3 Å². The molecule has 0 aliphatic carbocycles. The van der Waals surface area contributed by atoms with Crippen LogP contribution < -0.4 is 5.73 Å². The zero-order chi connectivity index (χ0) is 13.6. The van der Waals surface area contributed by atoms with Gasteiger partial charge in [-0.1, -0.05) is 31.2 Å². The second-order valence-electron chi connectivity index (χ2n) is 4.65. The van der Waals surface area contributed by atoms with E-state index in [-0.39, 0.29) is 12.2 Å². The smallest absolute Gasteiger partial charge is 0.325 e. The molecule has 0 aliphatic heterocycles. The highest BCUT2D eigenvalue weighted by atomic mass is 31.2. The van der Waals surface area contributed by atoms with Crippen LogP contribution in [0.4, 0.5) is 0 Å². The summed E-state index contributed by atoms with van der Waals surface area (Å²) in [7, 11) is -3.91. The fraction of sp³-hybridized carbons (Fsp3) is 0.538. The van der Waals surface area contributed by atoms with Gasteiger partial charge in [0, 0.05) is 6.04 Å². The van der Waals surface area contributed by atoms with Crippen molar-refractivity contribution in [3.05, 3.63) is 35.4 Å². The van der Waals surface area contributed by atoms with Gasteiger partial charge in [-0.3, -0.25) is 4.57 Å². The summed E-state index contributed by atoms with van der Waals surface area (Å²) in [5.74, 6) is 0. The molecule has 0 heterocycles. The van der Waals surface area contributed by atoms with Crippen molar-refractivity contribution >= 4 is 7.60 Å². The van der Waals surface area contributed by atoms with Gasteiger partial charge in [-0.2, -0.15) is 0 Å². The molecule has 0 aromatic heterocycles. The van der Waals surface area contributed by atoms with Crippen molar-refractivity contribution in [2.45, 2.75) is 38.6 Å².